The van der Waals surface area contributed by atoms with E-state index in [9.17, 15) is 4.79 Å². The van der Waals surface area contributed by atoms with Gasteiger partial charge in [-0.1, -0.05) is 0 Å². The number of amides is 1. The molecule has 17 heavy (non-hydrogen) atoms. The molecule has 0 aromatic carbocycles. The number of nitrogens with one attached hydrogen (secondary N) is 1. The number of aromatic nitrogens is 2. The molecular weight excluding hydrogens is 218 g/mol. The van der Waals surface area contributed by atoms with Crippen molar-refractivity contribution in [3.05, 3.63) is 18.1 Å². The predicted molar refractivity (Wildman–Crippen MR) is 66.6 cm³/mol. The van der Waals surface area contributed by atoms with Crippen molar-refractivity contribution in [3.63, 3.8) is 0 Å². The van der Waals surface area contributed by atoms with Crippen LogP contribution >= 0.6 is 0 Å². The Morgan fingerprint density at radius 1 is 1.29 bits per heavy atom. The average molecular weight is 237 g/mol. The van der Waals surface area contributed by atoms with Crippen LogP contribution in [0.2, 0.25) is 0 Å². The minimum atomic E-state index is 0.0762. The second-order valence-electron chi connectivity index (χ2n) is 4.10. The maximum atomic E-state index is 11.5. The van der Waals surface area contributed by atoms with Gasteiger partial charge in [-0.2, -0.15) is 0 Å². The maximum Gasteiger partial charge on any atom is 0.236 e. The zero-order valence-corrected chi connectivity index (χ0v) is 10.8. The summed E-state index contributed by atoms with van der Waals surface area (Å²) < 4.78 is 0. The smallest absolute Gasteiger partial charge is 0.236 e. The largest absolute Gasteiger partial charge is 0.372 e. The predicted octanol–water partition coefficient (Wildman–Crippen LogP) is 0.0383. The van der Waals surface area contributed by atoms with Crippen molar-refractivity contribution in [2.75, 3.05) is 40.1 Å². The molecule has 6 heteroatoms. The summed E-state index contributed by atoms with van der Waals surface area (Å²) >= 11 is 0. The minimum Gasteiger partial charge on any atom is -0.372 e. The number of hydrogen-bond donors (Lipinski definition) is 1. The van der Waals surface area contributed by atoms with Crippen LogP contribution in [0.3, 0.4) is 0 Å². The number of nitrogens with zero attached hydrogens (tertiary/aromatic N) is 4. The Kier molecular flexibility index (Phi) is 4.84. The van der Waals surface area contributed by atoms with E-state index in [2.05, 4.69) is 15.3 Å². The first-order chi connectivity index (χ1) is 8.02. The fraction of sp³-hybridized carbons (Fsp3) is 0.545. The standard InChI is InChI=1S/C11H19N5O/c1-12-10-6-13-9(5-14-10)7-16(4)8-11(17)15(2)3/h5-6H,7-8H2,1-4H3,(H,12,14). The van der Waals surface area contributed by atoms with E-state index in [4.69, 9.17) is 0 Å². The van der Waals surface area contributed by atoms with Crippen LogP contribution in [-0.4, -0.2) is 60.4 Å². The summed E-state index contributed by atoms with van der Waals surface area (Å²) in [5.41, 5.74) is 0.845. The highest BCUT2D eigenvalue weighted by atomic mass is 16.2. The van der Waals surface area contributed by atoms with E-state index in [-0.39, 0.29) is 5.91 Å². The molecule has 0 fully saturated rings. The van der Waals surface area contributed by atoms with Gasteiger partial charge in [0.2, 0.25) is 5.91 Å². The molecule has 1 N–H and O–H groups in total. The van der Waals surface area contributed by atoms with E-state index in [1.807, 2.05) is 11.9 Å². The molecular formula is C11H19N5O. The lowest BCUT2D eigenvalue weighted by Gasteiger charge is -2.18. The van der Waals surface area contributed by atoms with Crippen molar-refractivity contribution >= 4 is 11.7 Å². The number of anilines is 1. The van der Waals surface area contributed by atoms with Crippen LogP contribution < -0.4 is 5.32 Å². The van der Waals surface area contributed by atoms with Gasteiger partial charge in [0.25, 0.3) is 0 Å². The summed E-state index contributed by atoms with van der Waals surface area (Å²) in [6.45, 7) is 0.985. The normalized spacial score (nSPS) is 10.4. The molecule has 0 unspecified atom stereocenters. The van der Waals surface area contributed by atoms with Gasteiger partial charge < -0.3 is 10.2 Å². The topological polar surface area (TPSA) is 61.4 Å². The van der Waals surface area contributed by atoms with Gasteiger partial charge in [0.1, 0.15) is 5.82 Å². The van der Waals surface area contributed by atoms with Crippen molar-refractivity contribution in [1.29, 1.82) is 0 Å². The second kappa shape index (κ2) is 6.15. The van der Waals surface area contributed by atoms with Gasteiger partial charge in [-0.05, 0) is 7.05 Å². The minimum absolute atomic E-state index is 0.0762. The highest BCUT2D eigenvalue weighted by molar-refractivity contribution is 5.77. The number of hydrogen-bond acceptors (Lipinski definition) is 5. The number of rotatable bonds is 5. The summed E-state index contributed by atoms with van der Waals surface area (Å²) in [5.74, 6) is 0.813. The lowest BCUT2D eigenvalue weighted by atomic mass is 10.4. The summed E-state index contributed by atoms with van der Waals surface area (Å²) in [6, 6.07) is 0. The summed E-state index contributed by atoms with van der Waals surface area (Å²) in [5, 5.41) is 2.91. The highest BCUT2D eigenvalue weighted by Crippen LogP contribution is 2.02. The third-order valence-electron chi connectivity index (χ3n) is 2.30. The molecule has 1 aromatic rings. The van der Waals surface area contributed by atoms with Gasteiger partial charge in [-0.25, -0.2) is 4.98 Å². The Hall–Kier alpha value is -1.69. The fourth-order valence-corrected chi connectivity index (χ4v) is 1.27. The van der Waals surface area contributed by atoms with E-state index >= 15 is 0 Å². The molecule has 0 saturated carbocycles. The highest BCUT2D eigenvalue weighted by Gasteiger charge is 2.09. The Morgan fingerprint density at radius 3 is 2.47 bits per heavy atom. The van der Waals surface area contributed by atoms with E-state index in [0.717, 1.165) is 11.5 Å². The molecule has 1 rings (SSSR count). The second-order valence-corrected chi connectivity index (χ2v) is 4.10. The van der Waals surface area contributed by atoms with Gasteiger partial charge >= 0.3 is 0 Å². The third kappa shape index (κ3) is 4.36. The summed E-state index contributed by atoms with van der Waals surface area (Å²) in [7, 11) is 7.18. The number of carbonyl (C=O) groups is 1. The van der Waals surface area contributed by atoms with Crippen LogP contribution in [0.15, 0.2) is 12.4 Å². The molecule has 6 nitrogen and oxygen atoms in total. The lowest BCUT2D eigenvalue weighted by Crippen LogP contribution is -2.34. The van der Waals surface area contributed by atoms with Gasteiger partial charge in [0, 0.05) is 27.7 Å². The van der Waals surface area contributed by atoms with Gasteiger partial charge in [-0.3, -0.25) is 14.7 Å². The third-order valence-corrected chi connectivity index (χ3v) is 2.30. The van der Waals surface area contributed by atoms with Gasteiger partial charge in [0.05, 0.1) is 24.6 Å². The quantitative estimate of drug-likeness (QED) is 0.783. The van der Waals surface area contributed by atoms with Crippen LogP contribution in [0.4, 0.5) is 5.82 Å². The molecule has 0 aliphatic rings. The molecule has 0 bridgehead atoms. The van der Waals surface area contributed by atoms with E-state index in [0.29, 0.717) is 13.1 Å². The van der Waals surface area contributed by atoms with Crippen LogP contribution in [0, 0.1) is 0 Å². The Morgan fingerprint density at radius 2 is 2.00 bits per heavy atom. The first kappa shape index (κ1) is 13.4. The molecule has 0 saturated heterocycles. The van der Waals surface area contributed by atoms with Crippen LogP contribution in [-0.2, 0) is 11.3 Å². The van der Waals surface area contributed by atoms with Crippen molar-refractivity contribution in [2.45, 2.75) is 6.54 Å². The zero-order chi connectivity index (χ0) is 12.8. The van der Waals surface area contributed by atoms with E-state index < -0.39 is 0 Å². The molecule has 1 heterocycles. The molecule has 94 valence electrons. The lowest BCUT2D eigenvalue weighted by molar-refractivity contribution is -0.129. The van der Waals surface area contributed by atoms with E-state index in [1.54, 1.807) is 38.4 Å². The maximum absolute atomic E-state index is 11.5. The molecule has 0 atom stereocenters. The van der Waals surface area contributed by atoms with Crippen LogP contribution in [0.1, 0.15) is 5.69 Å². The Balaban J connectivity index is 2.50. The molecule has 0 spiro atoms. The van der Waals surface area contributed by atoms with Crippen LogP contribution in [0.25, 0.3) is 0 Å². The van der Waals surface area contributed by atoms with Crippen molar-refractivity contribution < 1.29 is 4.79 Å². The Bertz CT molecular complexity index is 363. The monoisotopic (exact) mass is 237 g/mol. The van der Waals surface area contributed by atoms with Gasteiger partial charge in [-0.15, -0.1) is 0 Å². The first-order valence-electron chi connectivity index (χ1n) is 5.40. The molecule has 0 aliphatic carbocycles. The molecule has 0 aliphatic heterocycles. The molecule has 1 amide bonds. The molecule has 1 aromatic heterocycles. The SMILES string of the molecule is CNc1cnc(CN(C)CC(=O)N(C)C)cn1. The van der Waals surface area contributed by atoms with Crippen molar-refractivity contribution in [3.8, 4) is 0 Å². The van der Waals surface area contributed by atoms with Crippen molar-refractivity contribution in [2.24, 2.45) is 0 Å². The first-order valence-corrected chi connectivity index (χ1v) is 5.40. The fourth-order valence-electron chi connectivity index (χ4n) is 1.27. The summed E-state index contributed by atoms with van der Waals surface area (Å²) in [6.07, 6.45) is 3.39. The number of likely N-dealkylation sites (N-methyl/N-ethyl adjacent to an activating group) is 2. The Labute approximate surface area is 102 Å². The summed E-state index contributed by atoms with van der Waals surface area (Å²) in [4.78, 5) is 23.4. The number of carbonyl (C=O) groups excluding carboxylic acids is 1. The van der Waals surface area contributed by atoms with Crippen LogP contribution in [0.5, 0.6) is 0 Å². The van der Waals surface area contributed by atoms with E-state index in [1.165, 1.54) is 0 Å². The molecule has 0 radical (unpaired) electrons. The van der Waals surface area contributed by atoms with Gasteiger partial charge in [0.15, 0.2) is 0 Å². The van der Waals surface area contributed by atoms with Crippen molar-refractivity contribution in [1.82, 2.24) is 19.8 Å². The average Bonchev–Trinajstić information content (AvgIpc) is 2.29. The zero-order valence-electron chi connectivity index (χ0n) is 10.8.